The number of morpholine rings is 1. The quantitative estimate of drug-likeness (QED) is 0.923. The number of likely N-dealkylation sites (tertiary alicyclic amines) is 1. The number of carbonyl (C=O) groups is 1. The molecule has 0 spiro atoms. The Kier molecular flexibility index (Phi) is 4.12. The van der Waals surface area contributed by atoms with Crippen molar-refractivity contribution >= 4 is 5.91 Å². The van der Waals surface area contributed by atoms with Gasteiger partial charge in [0.1, 0.15) is 5.41 Å². The maximum absolute atomic E-state index is 13.7. The Hall–Kier alpha value is -1.39. The van der Waals surface area contributed by atoms with Crippen LogP contribution in [0.4, 0.5) is 0 Å². The van der Waals surface area contributed by atoms with E-state index in [0.717, 1.165) is 57.4 Å². The Balaban J connectivity index is 1.78. The summed E-state index contributed by atoms with van der Waals surface area (Å²) in [5.41, 5.74) is 0.645. The van der Waals surface area contributed by atoms with Crippen LogP contribution in [0.15, 0.2) is 30.3 Å². The SMILES string of the molecule is O=C(N1CCCC1)C(c1ccccc1)(C1CC1)C1CNCCO1. The third-order valence-corrected chi connectivity index (χ3v) is 5.66. The molecule has 1 amide bonds. The highest BCUT2D eigenvalue weighted by atomic mass is 16.5. The summed E-state index contributed by atoms with van der Waals surface area (Å²) in [5, 5.41) is 3.44. The second kappa shape index (κ2) is 6.25. The third-order valence-electron chi connectivity index (χ3n) is 5.66. The second-order valence-corrected chi connectivity index (χ2v) is 7.07. The Bertz CT molecular complexity index is 546. The van der Waals surface area contributed by atoms with Crippen molar-refractivity contribution in [2.45, 2.75) is 37.2 Å². The topological polar surface area (TPSA) is 41.6 Å². The molecule has 2 unspecified atom stereocenters. The molecule has 1 aromatic rings. The predicted octanol–water partition coefficient (Wildman–Crippen LogP) is 1.95. The Labute approximate surface area is 138 Å². The van der Waals surface area contributed by atoms with Gasteiger partial charge in [-0.05, 0) is 37.2 Å². The van der Waals surface area contributed by atoms with Crippen LogP contribution in [-0.2, 0) is 14.9 Å². The number of hydrogen-bond donors (Lipinski definition) is 1. The summed E-state index contributed by atoms with van der Waals surface area (Å²) in [6, 6.07) is 10.4. The van der Waals surface area contributed by atoms with E-state index in [1.54, 1.807) is 0 Å². The van der Waals surface area contributed by atoms with Gasteiger partial charge in [-0.25, -0.2) is 0 Å². The fourth-order valence-electron chi connectivity index (χ4n) is 4.41. The van der Waals surface area contributed by atoms with Crippen molar-refractivity contribution < 1.29 is 9.53 Å². The number of nitrogens with zero attached hydrogens (tertiary/aromatic N) is 1. The molecule has 2 aliphatic heterocycles. The summed E-state index contributed by atoms with van der Waals surface area (Å²) in [6.07, 6.45) is 4.47. The molecule has 0 bridgehead atoms. The summed E-state index contributed by atoms with van der Waals surface area (Å²) in [5.74, 6) is 0.723. The van der Waals surface area contributed by atoms with Gasteiger partial charge in [0.05, 0.1) is 12.7 Å². The maximum atomic E-state index is 13.7. The first-order valence-corrected chi connectivity index (χ1v) is 9.00. The monoisotopic (exact) mass is 314 g/mol. The lowest BCUT2D eigenvalue weighted by atomic mass is 9.69. The van der Waals surface area contributed by atoms with E-state index in [9.17, 15) is 4.79 Å². The van der Waals surface area contributed by atoms with Crippen molar-refractivity contribution in [1.82, 2.24) is 10.2 Å². The molecule has 1 N–H and O–H groups in total. The highest BCUT2D eigenvalue weighted by molar-refractivity contribution is 5.90. The summed E-state index contributed by atoms with van der Waals surface area (Å²) in [7, 11) is 0. The summed E-state index contributed by atoms with van der Waals surface area (Å²) in [6.45, 7) is 4.15. The number of carbonyl (C=O) groups excluding carboxylic acids is 1. The molecule has 0 radical (unpaired) electrons. The van der Waals surface area contributed by atoms with Gasteiger partial charge < -0.3 is 15.0 Å². The van der Waals surface area contributed by atoms with Gasteiger partial charge in [-0.15, -0.1) is 0 Å². The van der Waals surface area contributed by atoms with E-state index in [1.165, 1.54) is 0 Å². The number of amides is 1. The van der Waals surface area contributed by atoms with E-state index in [2.05, 4.69) is 34.5 Å². The maximum Gasteiger partial charge on any atom is 0.236 e. The van der Waals surface area contributed by atoms with Gasteiger partial charge in [0.15, 0.2) is 0 Å². The van der Waals surface area contributed by atoms with Crippen molar-refractivity contribution in [1.29, 1.82) is 0 Å². The van der Waals surface area contributed by atoms with Crippen LogP contribution >= 0.6 is 0 Å². The average molecular weight is 314 g/mol. The molecule has 2 heterocycles. The van der Waals surface area contributed by atoms with Gasteiger partial charge in [0.25, 0.3) is 0 Å². The van der Waals surface area contributed by atoms with E-state index in [0.29, 0.717) is 18.4 Å². The molecule has 4 nitrogen and oxygen atoms in total. The lowest BCUT2D eigenvalue weighted by Gasteiger charge is -2.44. The van der Waals surface area contributed by atoms with Crippen LogP contribution in [0, 0.1) is 5.92 Å². The molecule has 2 saturated heterocycles. The summed E-state index contributed by atoms with van der Waals surface area (Å²) in [4.78, 5) is 15.8. The first-order chi connectivity index (χ1) is 11.3. The Morgan fingerprint density at radius 3 is 2.52 bits per heavy atom. The van der Waals surface area contributed by atoms with Crippen molar-refractivity contribution in [3.05, 3.63) is 35.9 Å². The van der Waals surface area contributed by atoms with Crippen LogP contribution < -0.4 is 5.32 Å². The van der Waals surface area contributed by atoms with Crippen LogP contribution in [0.1, 0.15) is 31.2 Å². The molecule has 1 aliphatic carbocycles. The molecular weight excluding hydrogens is 288 g/mol. The summed E-state index contributed by atoms with van der Waals surface area (Å²) >= 11 is 0. The van der Waals surface area contributed by atoms with E-state index in [1.807, 2.05) is 6.07 Å². The number of benzene rings is 1. The van der Waals surface area contributed by atoms with E-state index >= 15 is 0 Å². The Morgan fingerprint density at radius 2 is 1.91 bits per heavy atom. The zero-order valence-electron chi connectivity index (χ0n) is 13.7. The highest BCUT2D eigenvalue weighted by Crippen LogP contribution is 2.52. The van der Waals surface area contributed by atoms with Crippen LogP contribution in [0.2, 0.25) is 0 Å². The second-order valence-electron chi connectivity index (χ2n) is 7.07. The minimum Gasteiger partial charge on any atom is -0.374 e. The van der Waals surface area contributed by atoms with Crippen LogP contribution in [0.3, 0.4) is 0 Å². The van der Waals surface area contributed by atoms with E-state index < -0.39 is 5.41 Å². The van der Waals surface area contributed by atoms with Gasteiger partial charge in [-0.3, -0.25) is 4.79 Å². The third kappa shape index (κ3) is 2.58. The standard InChI is InChI=1S/C19H26N2O2/c22-18(21-11-4-5-12-21)19(16-8-9-16,15-6-2-1-3-7-15)17-14-20-10-13-23-17/h1-3,6-7,16-17,20H,4-5,8-14H2. The zero-order valence-corrected chi connectivity index (χ0v) is 13.7. The smallest absolute Gasteiger partial charge is 0.236 e. The molecule has 124 valence electrons. The van der Waals surface area contributed by atoms with Gasteiger partial charge in [0.2, 0.25) is 5.91 Å². The fraction of sp³-hybridized carbons (Fsp3) is 0.632. The zero-order chi connectivity index (χ0) is 15.7. The molecule has 1 saturated carbocycles. The summed E-state index contributed by atoms with van der Waals surface area (Å²) < 4.78 is 6.17. The van der Waals surface area contributed by atoms with Gasteiger partial charge in [-0.2, -0.15) is 0 Å². The normalized spacial score (nSPS) is 27.7. The lowest BCUT2D eigenvalue weighted by molar-refractivity contribution is -0.146. The molecule has 1 aromatic carbocycles. The molecule has 2 atom stereocenters. The van der Waals surface area contributed by atoms with Crippen molar-refractivity contribution in [3.8, 4) is 0 Å². The largest absolute Gasteiger partial charge is 0.374 e. The van der Waals surface area contributed by atoms with Crippen LogP contribution in [0.25, 0.3) is 0 Å². The predicted molar refractivity (Wildman–Crippen MR) is 89.3 cm³/mol. The number of rotatable bonds is 4. The number of nitrogens with one attached hydrogen (secondary N) is 1. The van der Waals surface area contributed by atoms with Gasteiger partial charge >= 0.3 is 0 Å². The van der Waals surface area contributed by atoms with E-state index in [-0.39, 0.29) is 6.10 Å². The minimum absolute atomic E-state index is 0.0563. The molecule has 23 heavy (non-hydrogen) atoms. The van der Waals surface area contributed by atoms with Crippen molar-refractivity contribution in [3.63, 3.8) is 0 Å². The minimum atomic E-state index is -0.501. The molecule has 3 aliphatic rings. The Morgan fingerprint density at radius 1 is 1.17 bits per heavy atom. The van der Waals surface area contributed by atoms with Gasteiger partial charge in [0, 0.05) is 26.2 Å². The number of hydrogen-bond acceptors (Lipinski definition) is 3. The van der Waals surface area contributed by atoms with Crippen molar-refractivity contribution in [2.75, 3.05) is 32.8 Å². The molecule has 4 rings (SSSR count). The fourth-order valence-corrected chi connectivity index (χ4v) is 4.41. The first kappa shape index (κ1) is 15.2. The van der Waals surface area contributed by atoms with E-state index in [4.69, 9.17) is 4.74 Å². The highest BCUT2D eigenvalue weighted by Gasteiger charge is 2.59. The molecule has 3 fully saturated rings. The van der Waals surface area contributed by atoms with Crippen LogP contribution in [-0.4, -0.2) is 49.7 Å². The number of ether oxygens (including phenoxy) is 1. The molecular formula is C19H26N2O2. The average Bonchev–Trinajstić information content (AvgIpc) is 3.31. The van der Waals surface area contributed by atoms with Crippen molar-refractivity contribution in [2.24, 2.45) is 5.92 Å². The van der Waals surface area contributed by atoms with Gasteiger partial charge in [-0.1, -0.05) is 30.3 Å². The lowest BCUT2D eigenvalue weighted by Crippen LogP contribution is -2.60. The first-order valence-electron chi connectivity index (χ1n) is 9.00. The molecule has 0 aromatic heterocycles. The molecule has 4 heteroatoms. The van der Waals surface area contributed by atoms with Crippen LogP contribution in [0.5, 0.6) is 0 Å².